The van der Waals surface area contributed by atoms with Crippen molar-refractivity contribution in [1.29, 1.82) is 0 Å². The highest BCUT2D eigenvalue weighted by Gasteiger charge is 2.41. The number of piperidine rings is 1. The lowest BCUT2D eigenvalue weighted by Gasteiger charge is -2.42. The summed E-state index contributed by atoms with van der Waals surface area (Å²) in [4.78, 5) is 44.8. The molecule has 0 bridgehead atoms. The highest BCUT2D eigenvalue weighted by atomic mass is 16.5. The van der Waals surface area contributed by atoms with Crippen molar-refractivity contribution < 1.29 is 49.1 Å². The summed E-state index contributed by atoms with van der Waals surface area (Å²) >= 11 is 0. The number of carbonyl (C=O) groups is 4. The third-order valence-electron chi connectivity index (χ3n) is 7.76. The SMILES string of the molecule is CCOCC1(CCc2ccccc2)CCN(Cc2ccc3c(c2)C(=O)OC3)CC1.O=C(O)CC(O)(CC(=O)O)C(=O)O. The minimum Gasteiger partial charge on any atom is -0.481 e. The molecule has 0 spiro atoms. The van der Waals surface area contributed by atoms with Crippen molar-refractivity contribution in [3.8, 4) is 0 Å². The van der Waals surface area contributed by atoms with Gasteiger partial charge in [0.25, 0.3) is 0 Å². The van der Waals surface area contributed by atoms with Gasteiger partial charge in [0.05, 0.1) is 25.0 Å². The number of nitrogens with zero attached hydrogens (tertiary/aromatic N) is 1. The van der Waals surface area contributed by atoms with Crippen molar-refractivity contribution in [3.05, 3.63) is 70.8 Å². The van der Waals surface area contributed by atoms with Crippen LogP contribution in [0.25, 0.3) is 0 Å². The molecular weight excluding hydrogens is 546 g/mol. The Morgan fingerprint density at radius 2 is 1.62 bits per heavy atom. The monoisotopic (exact) mass is 585 g/mol. The van der Waals surface area contributed by atoms with Gasteiger partial charge in [0.2, 0.25) is 0 Å². The lowest BCUT2D eigenvalue weighted by atomic mass is 9.74. The number of aryl methyl sites for hydroxylation is 1. The number of benzene rings is 2. The molecule has 1 saturated heterocycles. The van der Waals surface area contributed by atoms with Crippen LogP contribution in [0.1, 0.15) is 66.1 Å². The van der Waals surface area contributed by atoms with E-state index in [0.717, 1.165) is 63.2 Å². The summed E-state index contributed by atoms with van der Waals surface area (Å²) in [5.41, 5.74) is 1.89. The van der Waals surface area contributed by atoms with E-state index in [0.29, 0.717) is 6.61 Å². The minimum atomic E-state index is -2.74. The Bertz CT molecular complexity index is 1220. The van der Waals surface area contributed by atoms with Gasteiger partial charge in [-0.3, -0.25) is 14.5 Å². The highest BCUT2D eigenvalue weighted by Crippen LogP contribution is 2.37. The zero-order valence-corrected chi connectivity index (χ0v) is 23.8. The van der Waals surface area contributed by atoms with Crippen molar-refractivity contribution in [2.75, 3.05) is 26.3 Å². The summed E-state index contributed by atoms with van der Waals surface area (Å²) in [6.07, 6.45) is 2.32. The van der Waals surface area contributed by atoms with Crippen LogP contribution < -0.4 is 0 Å². The fourth-order valence-electron chi connectivity index (χ4n) is 5.26. The van der Waals surface area contributed by atoms with Crippen LogP contribution in [0.5, 0.6) is 0 Å². The number of carbonyl (C=O) groups excluding carboxylic acids is 1. The molecule has 0 atom stereocenters. The molecule has 4 N–H and O–H groups in total. The van der Waals surface area contributed by atoms with Gasteiger partial charge < -0.3 is 29.9 Å². The number of esters is 1. The molecule has 0 aromatic heterocycles. The number of hydrogen-bond acceptors (Lipinski definition) is 8. The number of ether oxygens (including phenoxy) is 2. The van der Waals surface area contributed by atoms with Crippen LogP contribution in [0, 0.1) is 5.41 Å². The smallest absolute Gasteiger partial charge is 0.338 e. The molecule has 11 heteroatoms. The van der Waals surface area contributed by atoms with Crippen LogP contribution in [0.3, 0.4) is 0 Å². The Balaban J connectivity index is 0.000000316. The van der Waals surface area contributed by atoms with Crippen LogP contribution in [0.2, 0.25) is 0 Å². The molecule has 1 fully saturated rings. The van der Waals surface area contributed by atoms with Crippen molar-refractivity contribution in [3.63, 3.8) is 0 Å². The molecule has 2 aromatic carbocycles. The summed E-state index contributed by atoms with van der Waals surface area (Å²) < 4.78 is 11.0. The van der Waals surface area contributed by atoms with Crippen molar-refractivity contribution in [2.24, 2.45) is 5.41 Å². The average Bonchev–Trinajstić information content (AvgIpc) is 3.32. The van der Waals surface area contributed by atoms with Gasteiger partial charge in [0.1, 0.15) is 6.61 Å². The molecule has 0 unspecified atom stereocenters. The van der Waals surface area contributed by atoms with Crippen molar-refractivity contribution in [2.45, 2.75) is 64.2 Å². The minimum absolute atomic E-state index is 0.183. The average molecular weight is 586 g/mol. The van der Waals surface area contributed by atoms with Gasteiger partial charge in [0.15, 0.2) is 5.60 Å². The van der Waals surface area contributed by atoms with Crippen LogP contribution in [-0.4, -0.2) is 81.1 Å². The zero-order chi connectivity index (χ0) is 30.8. The second-order valence-corrected chi connectivity index (χ2v) is 10.9. The first-order valence-corrected chi connectivity index (χ1v) is 14.0. The summed E-state index contributed by atoms with van der Waals surface area (Å²) in [6, 6.07) is 17.0. The van der Waals surface area contributed by atoms with E-state index in [-0.39, 0.29) is 11.4 Å². The number of aliphatic hydroxyl groups is 1. The Morgan fingerprint density at radius 1 is 0.976 bits per heavy atom. The molecule has 0 amide bonds. The molecule has 42 heavy (non-hydrogen) atoms. The van der Waals surface area contributed by atoms with Crippen LogP contribution >= 0.6 is 0 Å². The van der Waals surface area contributed by atoms with Gasteiger partial charge in [0, 0.05) is 18.7 Å². The number of hydrogen-bond donors (Lipinski definition) is 4. The number of carboxylic acid groups (broad SMARTS) is 3. The maximum atomic E-state index is 11.8. The summed E-state index contributed by atoms with van der Waals surface area (Å²) in [5, 5.41) is 33.8. The third-order valence-corrected chi connectivity index (χ3v) is 7.76. The van der Waals surface area contributed by atoms with E-state index in [2.05, 4.69) is 48.2 Å². The van der Waals surface area contributed by atoms with Crippen LogP contribution in [0.4, 0.5) is 0 Å². The normalized spacial score (nSPS) is 16.1. The van der Waals surface area contributed by atoms with Crippen LogP contribution in [0.15, 0.2) is 48.5 Å². The topological polar surface area (TPSA) is 171 Å². The Labute approximate surface area is 244 Å². The van der Waals surface area contributed by atoms with Gasteiger partial charge in [-0.15, -0.1) is 0 Å². The van der Waals surface area contributed by atoms with E-state index in [1.54, 1.807) is 0 Å². The molecule has 2 heterocycles. The Morgan fingerprint density at radius 3 is 2.19 bits per heavy atom. The molecule has 2 aromatic rings. The summed E-state index contributed by atoms with van der Waals surface area (Å²) in [7, 11) is 0. The number of rotatable bonds is 13. The van der Waals surface area contributed by atoms with E-state index in [9.17, 15) is 19.2 Å². The zero-order valence-electron chi connectivity index (χ0n) is 23.8. The Hall–Kier alpha value is -3.80. The molecule has 228 valence electrons. The second-order valence-electron chi connectivity index (χ2n) is 10.9. The predicted octanol–water partition coefficient (Wildman–Crippen LogP) is 3.36. The molecule has 0 aliphatic carbocycles. The lowest BCUT2D eigenvalue weighted by Crippen LogP contribution is -2.42. The van der Waals surface area contributed by atoms with Gasteiger partial charge in [-0.25, -0.2) is 9.59 Å². The largest absolute Gasteiger partial charge is 0.481 e. The molecule has 11 nitrogen and oxygen atoms in total. The van der Waals surface area contributed by atoms with E-state index >= 15 is 0 Å². The third kappa shape index (κ3) is 9.37. The highest BCUT2D eigenvalue weighted by molar-refractivity contribution is 5.93. The maximum absolute atomic E-state index is 11.8. The summed E-state index contributed by atoms with van der Waals surface area (Å²) in [6.45, 7) is 7.17. The molecule has 0 radical (unpaired) electrons. The number of aliphatic carboxylic acids is 3. The molecular formula is C31H39NO10. The first kappa shape index (κ1) is 32.7. The predicted molar refractivity (Wildman–Crippen MR) is 151 cm³/mol. The van der Waals surface area contributed by atoms with Gasteiger partial charge in [-0.2, -0.15) is 0 Å². The summed E-state index contributed by atoms with van der Waals surface area (Å²) in [5.74, 6) is -5.20. The Kier molecular flexibility index (Phi) is 11.6. The quantitative estimate of drug-likeness (QED) is 0.254. The fourth-order valence-corrected chi connectivity index (χ4v) is 5.26. The van der Waals surface area contributed by atoms with E-state index in [4.69, 9.17) is 29.9 Å². The number of cyclic esters (lactones) is 1. The second kappa shape index (κ2) is 14.9. The molecule has 0 saturated carbocycles. The van der Waals surface area contributed by atoms with E-state index in [1.165, 1.54) is 17.5 Å². The molecule has 2 aliphatic heterocycles. The van der Waals surface area contributed by atoms with Crippen LogP contribution in [-0.2, 0) is 43.4 Å². The maximum Gasteiger partial charge on any atom is 0.338 e. The molecule has 4 rings (SSSR count). The van der Waals surface area contributed by atoms with Crippen molar-refractivity contribution in [1.82, 2.24) is 4.90 Å². The number of likely N-dealkylation sites (tertiary alicyclic amines) is 1. The number of fused-ring (bicyclic) bond motifs is 1. The lowest BCUT2D eigenvalue weighted by molar-refractivity contribution is -0.170. The van der Waals surface area contributed by atoms with Gasteiger partial charge in [-0.05, 0) is 68.3 Å². The standard InChI is InChI=1S/C25H31NO3.C6H8O7/c1-2-28-19-25(11-10-20-6-4-3-5-7-20)12-14-26(15-13-25)17-21-8-9-22-18-29-24(27)23(22)16-21;7-3(8)1-6(13,5(11)12)2-4(9)10/h3-9,16H,2,10-15,17-19H2,1H3;13H,1-2H2,(H,7,8)(H,9,10)(H,11,12). The fraction of sp³-hybridized carbons (Fsp3) is 0.484. The van der Waals surface area contributed by atoms with Gasteiger partial charge in [-0.1, -0.05) is 42.5 Å². The number of carboxylic acids is 3. The van der Waals surface area contributed by atoms with Crippen molar-refractivity contribution >= 4 is 23.9 Å². The van der Waals surface area contributed by atoms with Gasteiger partial charge >= 0.3 is 23.9 Å². The van der Waals surface area contributed by atoms with E-state index < -0.39 is 36.4 Å². The first-order valence-electron chi connectivity index (χ1n) is 14.0. The molecule has 2 aliphatic rings. The van der Waals surface area contributed by atoms with E-state index in [1.807, 2.05) is 12.1 Å². The first-order chi connectivity index (χ1) is 19.9.